The molecule has 0 amide bonds. The molecule has 3 N–H and O–H groups in total. The molecular weight excluding hydrogens is 250 g/mol. The third-order valence-electron chi connectivity index (χ3n) is 2.14. The van der Waals surface area contributed by atoms with Crippen molar-refractivity contribution in [1.29, 1.82) is 0 Å². The monoisotopic (exact) mass is 264 g/mol. The summed E-state index contributed by atoms with van der Waals surface area (Å²) in [5, 5.41) is 7.63. The summed E-state index contributed by atoms with van der Waals surface area (Å²) in [5.41, 5.74) is -0.328. The number of hydrogen-bond acceptors (Lipinski definition) is 3. The van der Waals surface area contributed by atoms with E-state index in [1.165, 1.54) is 0 Å². The van der Waals surface area contributed by atoms with E-state index in [4.69, 9.17) is 5.14 Å². The van der Waals surface area contributed by atoms with Crippen molar-refractivity contribution < 1.29 is 17.2 Å². The first-order chi connectivity index (χ1) is 7.73. The van der Waals surface area contributed by atoms with Gasteiger partial charge >= 0.3 is 0 Å². The van der Waals surface area contributed by atoms with Gasteiger partial charge in [-0.25, -0.2) is 22.3 Å². The van der Waals surface area contributed by atoms with E-state index in [1.54, 1.807) is 13.8 Å². The predicted molar refractivity (Wildman–Crippen MR) is 59.7 cm³/mol. The van der Waals surface area contributed by atoms with Gasteiger partial charge in [-0.05, 0) is 12.1 Å². The zero-order valence-electron chi connectivity index (χ0n) is 9.50. The number of sulfonamides is 1. The highest BCUT2D eigenvalue weighted by molar-refractivity contribution is 7.89. The Labute approximate surface area is 98.9 Å². The molecule has 0 aromatic heterocycles. The minimum absolute atomic E-state index is 0.0203. The van der Waals surface area contributed by atoms with E-state index in [9.17, 15) is 17.2 Å². The van der Waals surface area contributed by atoms with Gasteiger partial charge in [-0.3, -0.25) is 0 Å². The van der Waals surface area contributed by atoms with Crippen LogP contribution in [0.5, 0.6) is 0 Å². The second-order valence-corrected chi connectivity index (χ2v) is 5.45. The van der Waals surface area contributed by atoms with Crippen LogP contribution in [0.3, 0.4) is 0 Å². The van der Waals surface area contributed by atoms with E-state index in [0.29, 0.717) is 0 Å². The lowest BCUT2D eigenvalue weighted by molar-refractivity contribution is 0.499. The molecule has 7 heteroatoms. The fourth-order valence-electron chi connectivity index (χ4n) is 1.26. The first-order valence-electron chi connectivity index (χ1n) is 4.96. The van der Waals surface area contributed by atoms with Gasteiger partial charge in [0.15, 0.2) is 5.82 Å². The van der Waals surface area contributed by atoms with E-state index < -0.39 is 26.6 Å². The standard InChI is InChI=1S/C10H14F2N2O2S/c1-6(2)14-5-7-8(11)3-4-9(10(7)12)17(13,15)16/h3-4,6,14H,5H2,1-2H3,(H2,13,15,16). The highest BCUT2D eigenvalue weighted by Gasteiger charge is 2.20. The molecular formula is C10H14F2N2O2S. The topological polar surface area (TPSA) is 72.2 Å². The zero-order chi connectivity index (χ0) is 13.2. The summed E-state index contributed by atoms with van der Waals surface area (Å²) in [6.45, 7) is 3.51. The number of nitrogens with one attached hydrogen (secondary N) is 1. The number of benzene rings is 1. The summed E-state index contributed by atoms with van der Waals surface area (Å²) in [5.74, 6) is -1.94. The molecule has 1 aromatic carbocycles. The van der Waals surface area contributed by atoms with Gasteiger partial charge in [-0.2, -0.15) is 0 Å². The Morgan fingerprint density at radius 3 is 2.41 bits per heavy atom. The maximum absolute atomic E-state index is 13.7. The molecule has 0 radical (unpaired) electrons. The van der Waals surface area contributed by atoms with Crippen molar-refractivity contribution in [1.82, 2.24) is 5.32 Å². The second-order valence-electron chi connectivity index (χ2n) is 3.92. The van der Waals surface area contributed by atoms with Crippen LogP contribution in [0.4, 0.5) is 8.78 Å². The smallest absolute Gasteiger partial charge is 0.240 e. The molecule has 0 aliphatic heterocycles. The van der Waals surface area contributed by atoms with Gasteiger partial charge in [0.05, 0.1) is 0 Å². The molecule has 0 spiro atoms. The summed E-state index contributed by atoms with van der Waals surface area (Å²) >= 11 is 0. The number of nitrogens with two attached hydrogens (primary N) is 1. The van der Waals surface area contributed by atoms with Gasteiger partial charge in [0.2, 0.25) is 10.0 Å². The molecule has 0 aliphatic rings. The van der Waals surface area contributed by atoms with Crippen LogP contribution < -0.4 is 10.5 Å². The molecule has 96 valence electrons. The Kier molecular flexibility index (Phi) is 4.18. The summed E-state index contributed by atoms with van der Waals surface area (Å²) in [4.78, 5) is -0.695. The normalized spacial score (nSPS) is 12.1. The quantitative estimate of drug-likeness (QED) is 0.855. The first-order valence-corrected chi connectivity index (χ1v) is 6.51. The molecule has 0 saturated carbocycles. The molecule has 0 heterocycles. The number of halogens is 2. The number of primary sulfonamides is 1. The Bertz CT molecular complexity index is 515. The van der Waals surface area contributed by atoms with Gasteiger partial charge in [-0.15, -0.1) is 0 Å². The SMILES string of the molecule is CC(C)NCc1c(F)ccc(S(N)(=O)=O)c1F. The van der Waals surface area contributed by atoms with Crippen LogP contribution >= 0.6 is 0 Å². The van der Waals surface area contributed by atoms with Crippen LogP contribution in [0.15, 0.2) is 17.0 Å². The van der Waals surface area contributed by atoms with Gasteiger partial charge in [0.1, 0.15) is 10.7 Å². The average molecular weight is 264 g/mol. The number of hydrogen-bond donors (Lipinski definition) is 2. The van der Waals surface area contributed by atoms with Crippen molar-refractivity contribution in [3.05, 3.63) is 29.3 Å². The second kappa shape index (κ2) is 5.07. The minimum atomic E-state index is -4.18. The number of rotatable bonds is 4. The van der Waals surface area contributed by atoms with Crippen LogP contribution in [-0.2, 0) is 16.6 Å². The van der Waals surface area contributed by atoms with Crippen molar-refractivity contribution in [3.8, 4) is 0 Å². The molecule has 0 saturated heterocycles. The fourth-order valence-corrected chi connectivity index (χ4v) is 1.89. The van der Waals surface area contributed by atoms with Crippen molar-refractivity contribution in [2.24, 2.45) is 5.14 Å². The molecule has 4 nitrogen and oxygen atoms in total. The third-order valence-corrected chi connectivity index (χ3v) is 3.07. The third kappa shape index (κ3) is 3.45. The molecule has 0 aliphatic carbocycles. The lowest BCUT2D eigenvalue weighted by Crippen LogP contribution is -2.24. The van der Waals surface area contributed by atoms with Gasteiger partial charge in [0, 0.05) is 18.2 Å². The van der Waals surface area contributed by atoms with E-state index >= 15 is 0 Å². The molecule has 0 fully saturated rings. The molecule has 0 unspecified atom stereocenters. The lowest BCUT2D eigenvalue weighted by atomic mass is 10.2. The van der Waals surface area contributed by atoms with Gasteiger partial charge in [0.25, 0.3) is 0 Å². The van der Waals surface area contributed by atoms with Gasteiger partial charge < -0.3 is 5.32 Å². The van der Waals surface area contributed by atoms with E-state index in [0.717, 1.165) is 12.1 Å². The highest BCUT2D eigenvalue weighted by atomic mass is 32.2. The molecule has 1 rings (SSSR count). The summed E-state index contributed by atoms with van der Waals surface area (Å²) in [7, 11) is -4.18. The van der Waals surface area contributed by atoms with Crippen molar-refractivity contribution >= 4 is 10.0 Å². The summed E-state index contributed by atoms with van der Waals surface area (Å²) in [6.07, 6.45) is 0. The molecule has 1 aromatic rings. The average Bonchev–Trinajstić information content (AvgIpc) is 2.14. The van der Waals surface area contributed by atoms with Crippen LogP contribution in [0.2, 0.25) is 0 Å². The van der Waals surface area contributed by atoms with Crippen molar-refractivity contribution in [2.45, 2.75) is 31.3 Å². The summed E-state index contributed by atoms with van der Waals surface area (Å²) < 4.78 is 49.2. The predicted octanol–water partition coefficient (Wildman–Crippen LogP) is 1.11. The zero-order valence-corrected chi connectivity index (χ0v) is 10.3. The largest absolute Gasteiger partial charge is 0.310 e. The van der Waals surface area contributed by atoms with Crippen molar-refractivity contribution in [3.63, 3.8) is 0 Å². The van der Waals surface area contributed by atoms with Crippen LogP contribution in [0.25, 0.3) is 0 Å². The maximum Gasteiger partial charge on any atom is 0.240 e. The van der Waals surface area contributed by atoms with E-state index in [-0.39, 0.29) is 18.2 Å². The van der Waals surface area contributed by atoms with Crippen LogP contribution in [0, 0.1) is 11.6 Å². The lowest BCUT2D eigenvalue weighted by Gasteiger charge is -2.11. The summed E-state index contributed by atoms with van der Waals surface area (Å²) in [6, 6.07) is 1.73. The Morgan fingerprint density at radius 1 is 1.35 bits per heavy atom. The maximum atomic E-state index is 13.7. The van der Waals surface area contributed by atoms with E-state index in [2.05, 4.69) is 5.32 Å². The fraction of sp³-hybridized carbons (Fsp3) is 0.400. The van der Waals surface area contributed by atoms with Crippen LogP contribution in [0.1, 0.15) is 19.4 Å². The van der Waals surface area contributed by atoms with Gasteiger partial charge in [-0.1, -0.05) is 13.8 Å². The molecule has 0 bridgehead atoms. The van der Waals surface area contributed by atoms with Crippen molar-refractivity contribution in [2.75, 3.05) is 0 Å². The molecule has 0 atom stereocenters. The Hall–Kier alpha value is -1.05. The molecule has 17 heavy (non-hydrogen) atoms. The highest BCUT2D eigenvalue weighted by Crippen LogP contribution is 2.20. The minimum Gasteiger partial charge on any atom is -0.310 e. The Balaban J connectivity index is 3.21. The van der Waals surface area contributed by atoms with Crippen LogP contribution in [-0.4, -0.2) is 14.5 Å². The van der Waals surface area contributed by atoms with E-state index in [1.807, 2.05) is 0 Å². The first kappa shape index (κ1) is 14.0. The Morgan fingerprint density at radius 2 is 1.94 bits per heavy atom.